The van der Waals surface area contributed by atoms with Gasteiger partial charge < -0.3 is 9.57 Å². The first kappa shape index (κ1) is 10.1. The van der Waals surface area contributed by atoms with E-state index >= 15 is 0 Å². The first-order chi connectivity index (χ1) is 7.40. The molecule has 0 atom stereocenters. The van der Waals surface area contributed by atoms with E-state index in [-0.39, 0.29) is 0 Å². The van der Waals surface area contributed by atoms with Crippen LogP contribution in [0.1, 0.15) is 11.1 Å². The number of hydroxylamine groups is 1. The Hall–Kier alpha value is -1.39. The lowest BCUT2D eigenvalue weighted by Gasteiger charge is -2.05. The van der Waals surface area contributed by atoms with Crippen molar-refractivity contribution in [2.24, 2.45) is 4.99 Å². The molecular weight excluding hydrogens is 192 g/mol. The molecule has 1 heterocycles. The summed E-state index contributed by atoms with van der Waals surface area (Å²) in [6, 6.07) is 8.08. The molecule has 0 saturated heterocycles. The summed E-state index contributed by atoms with van der Waals surface area (Å²) in [7, 11) is 1.61. The Labute approximate surface area is 88.9 Å². The number of rotatable bonds is 4. The van der Waals surface area contributed by atoms with Crippen molar-refractivity contribution in [1.82, 2.24) is 5.48 Å². The summed E-state index contributed by atoms with van der Waals surface area (Å²) >= 11 is 0. The number of hydrogen-bond donors (Lipinski definition) is 1. The van der Waals surface area contributed by atoms with Gasteiger partial charge in [0, 0.05) is 12.1 Å². The smallest absolute Gasteiger partial charge is 0.216 e. The van der Waals surface area contributed by atoms with E-state index in [9.17, 15) is 0 Å². The van der Waals surface area contributed by atoms with Crippen LogP contribution in [-0.4, -0.2) is 26.2 Å². The molecule has 0 bridgehead atoms. The fraction of sp³-hybridized carbons (Fsp3) is 0.364. The van der Waals surface area contributed by atoms with Gasteiger partial charge in [0.15, 0.2) is 0 Å². The summed E-state index contributed by atoms with van der Waals surface area (Å²) in [5.41, 5.74) is 4.98. The van der Waals surface area contributed by atoms with E-state index in [4.69, 9.17) is 9.57 Å². The second-order valence-corrected chi connectivity index (χ2v) is 3.26. The molecule has 1 N–H and O–H groups in total. The normalized spacial score (nSPS) is 14.9. The van der Waals surface area contributed by atoms with Crippen LogP contribution in [0.2, 0.25) is 0 Å². The van der Waals surface area contributed by atoms with Crippen LogP contribution in [-0.2, 0) is 16.1 Å². The lowest BCUT2D eigenvalue weighted by molar-refractivity contribution is 0.0867. The average molecular weight is 206 g/mol. The Morgan fingerprint density at radius 2 is 2.47 bits per heavy atom. The molecule has 0 amide bonds. The molecule has 4 nitrogen and oxygen atoms in total. The third kappa shape index (κ3) is 2.55. The van der Waals surface area contributed by atoms with Crippen molar-refractivity contribution >= 4 is 5.90 Å². The van der Waals surface area contributed by atoms with Gasteiger partial charge in [0.05, 0.1) is 13.7 Å². The number of ether oxygens (including phenoxy) is 1. The monoisotopic (exact) mass is 206 g/mol. The van der Waals surface area contributed by atoms with Crippen LogP contribution in [0.3, 0.4) is 0 Å². The molecule has 1 aliphatic rings. The maximum absolute atomic E-state index is 5.40. The van der Waals surface area contributed by atoms with Gasteiger partial charge in [-0.1, -0.05) is 12.1 Å². The van der Waals surface area contributed by atoms with Gasteiger partial charge in [-0.2, -0.15) is 5.48 Å². The Morgan fingerprint density at radius 3 is 3.20 bits per heavy atom. The Morgan fingerprint density at radius 1 is 1.53 bits per heavy atom. The number of nitrogens with zero attached hydrogens (tertiary/aromatic N) is 1. The fourth-order valence-electron chi connectivity index (χ4n) is 1.48. The third-order valence-electron chi connectivity index (χ3n) is 2.18. The van der Waals surface area contributed by atoms with E-state index in [1.165, 1.54) is 0 Å². The van der Waals surface area contributed by atoms with Gasteiger partial charge in [0.25, 0.3) is 0 Å². The Kier molecular flexibility index (Phi) is 3.32. The van der Waals surface area contributed by atoms with Crippen molar-refractivity contribution in [3.05, 3.63) is 35.4 Å². The first-order valence-corrected chi connectivity index (χ1v) is 4.92. The predicted molar refractivity (Wildman–Crippen MR) is 57.6 cm³/mol. The van der Waals surface area contributed by atoms with Crippen molar-refractivity contribution in [2.45, 2.75) is 6.54 Å². The summed E-state index contributed by atoms with van der Waals surface area (Å²) in [4.78, 5) is 9.07. The van der Waals surface area contributed by atoms with Gasteiger partial charge in [0.1, 0.15) is 6.61 Å². The van der Waals surface area contributed by atoms with E-state index in [0.717, 1.165) is 23.6 Å². The van der Waals surface area contributed by atoms with Crippen LogP contribution in [0.25, 0.3) is 0 Å². The van der Waals surface area contributed by atoms with Gasteiger partial charge in [-0.05, 0) is 17.7 Å². The topological polar surface area (TPSA) is 42.8 Å². The van der Waals surface area contributed by atoms with E-state index in [0.29, 0.717) is 13.2 Å². The zero-order valence-electron chi connectivity index (χ0n) is 8.69. The highest BCUT2D eigenvalue weighted by Crippen LogP contribution is 2.10. The molecule has 2 rings (SSSR count). The maximum Gasteiger partial charge on any atom is 0.216 e. The molecule has 0 unspecified atom stereocenters. The minimum Gasteiger partial charge on any atom is -0.476 e. The quantitative estimate of drug-likeness (QED) is 0.750. The molecule has 1 aliphatic heterocycles. The van der Waals surface area contributed by atoms with Crippen LogP contribution in [0, 0.1) is 0 Å². The Bertz CT molecular complexity index is 363. The molecule has 0 fully saturated rings. The standard InChI is InChI=1S/C11H14N2O2/c1-14-13-8-9-3-2-4-10(7-9)11-12-5-6-15-11/h2-4,7,13H,5-6,8H2,1H3. The highest BCUT2D eigenvalue weighted by Gasteiger charge is 2.09. The highest BCUT2D eigenvalue weighted by atomic mass is 16.6. The van der Waals surface area contributed by atoms with Crippen LogP contribution in [0.4, 0.5) is 0 Å². The van der Waals surface area contributed by atoms with Gasteiger partial charge in [-0.25, -0.2) is 4.99 Å². The van der Waals surface area contributed by atoms with E-state index in [1.807, 2.05) is 18.2 Å². The lowest BCUT2D eigenvalue weighted by atomic mass is 10.1. The summed E-state index contributed by atoms with van der Waals surface area (Å²) in [6.45, 7) is 2.13. The van der Waals surface area contributed by atoms with Gasteiger partial charge in [0.2, 0.25) is 5.90 Å². The second kappa shape index (κ2) is 4.91. The van der Waals surface area contributed by atoms with Gasteiger partial charge in [-0.15, -0.1) is 0 Å². The number of aliphatic imine (C=N–C) groups is 1. The van der Waals surface area contributed by atoms with Gasteiger partial charge >= 0.3 is 0 Å². The van der Waals surface area contributed by atoms with Crippen molar-refractivity contribution < 1.29 is 9.57 Å². The van der Waals surface area contributed by atoms with E-state index in [1.54, 1.807) is 7.11 Å². The van der Waals surface area contributed by atoms with Crippen LogP contribution in [0.15, 0.2) is 29.3 Å². The van der Waals surface area contributed by atoms with Crippen LogP contribution in [0.5, 0.6) is 0 Å². The van der Waals surface area contributed by atoms with Crippen molar-refractivity contribution in [3.8, 4) is 0 Å². The second-order valence-electron chi connectivity index (χ2n) is 3.26. The molecule has 1 aromatic rings. The molecule has 15 heavy (non-hydrogen) atoms. The summed E-state index contributed by atoms with van der Waals surface area (Å²) in [6.07, 6.45) is 0. The summed E-state index contributed by atoms with van der Waals surface area (Å²) in [5, 5.41) is 0. The molecule has 0 saturated carbocycles. The van der Waals surface area contributed by atoms with E-state index in [2.05, 4.69) is 16.5 Å². The van der Waals surface area contributed by atoms with Gasteiger partial charge in [-0.3, -0.25) is 0 Å². The molecule has 0 aromatic heterocycles. The Balaban J connectivity index is 2.11. The fourth-order valence-corrected chi connectivity index (χ4v) is 1.48. The minimum atomic E-state index is 0.678. The zero-order valence-corrected chi connectivity index (χ0v) is 8.69. The highest BCUT2D eigenvalue weighted by molar-refractivity contribution is 5.95. The number of hydrogen-bond acceptors (Lipinski definition) is 4. The number of nitrogens with one attached hydrogen (secondary N) is 1. The average Bonchev–Trinajstić information content (AvgIpc) is 2.80. The molecule has 1 aromatic carbocycles. The molecule has 0 spiro atoms. The van der Waals surface area contributed by atoms with Crippen LogP contribution >= 0.6 is 0 Å². The molecule has 0 radical (unpaired) electrons. The molecule has 0 aliphatic carbocycles. The molecular formula is C11H14N2O2. The molecule has 4 heteroatoms. The lowest BCUT2D eigenvalue weighted by Crippen LogP contribution is -2.11. The maximum atomic E-state index is 5.40. The van der Waals surface area contributed by atoms with E-state index < -0.39 is 0 Å². The summed E-state index contributed by atoms with van der Waals surface area (Å²) in [5.74, 6) is 0.745. The minimum absolute atomic E-state index is 0.678. The predicted octanol–water partition coefficient (Wildman–Crippen LogP) is 1.11. The van der Waals surface area contributed by atoms with Crippen molar-refractivity contribution in [1.29, 1.82) is 0 Å². The largest absolute Gasteiger partial charge is 0.476 e. The zero-order chi connectivity index (χ0) is 10.5. The number of benzene rings is 1. The van der Waals surface area contributed by atoms with Crippen molar-refractivity contribution in [2.75, 3.05) is 20.3 Å². The first-order valence-electron chi connectivity index (χ1n) is 4.92. The third-order valence-corrected chi connectivity index (χ3v) is 2.18. The SMILES string of the molecule is CONCc1cccc(C2=NCCO2)c1. The van der Waals surface area contributed by atoms with Crippen LogP contribution < -0.4 is 5.48 Å². The summed E-state index contributed by atoms with van der Waals surface area (Å²) < 4.78 is 5.40. The van der Waals surface area contributed by atoms with Crippen molar-refractivity contribution in [3.63, 3.8) is 0 Å². The molecule has 80 valence electrons.